The van der Waals surface area contributed by atoms with Gasteiger partial charge in [-0.25, -0.2) is 0 Å². The minimum atomic E-state index is -0.700. The summed E-state index contributed by atoms with van der Waals surface area (Å²) in [6.45, 7) is 3.61. The molecule has 0 heterocycles. The van der Waals surface area contributed by atoms with Crippen LogP contribution in [-0.4, -0.2) is 13.1 Å². The van der Waals surface area contributed by atoms with Crippen LogP contribution in [0.15, 0.2) is 30.3 Å². The van der Waals surface area contributed by atoms with Crippen LogP contribution in [0.4, 0.5) is 0 Å². The van der Waals surface area contributed by atoms with Gasteiger partial charge < -0.3 is 10.5 Å². The summed E-state index contributed by atoms with van der Waals surface area (Å²) in [5.74, 6) is -0.659. The highest BCUT2D eigenvalue weighted by molar-refractivity contribution is 5.85. The summed E-state index contributed by atoms with van der Waals surface area (Å²) in [6.07, 6.45) is 0. The molecule has 3 nitrogen and oxygen atoms in total. The van der Waals surface area contributed by atoms with Gasteiger partial charge in [0.15, 0.2) is 0 Å². The number of benzene rings is 1. The van der Waals surface area contributed by atoms with Crippen LogP contribution in [0.1, 0.15) is 19.4 Å². The van der Waals surface area contributed by atoms with Crippen molar-refractivity contribution in [2.24, 2.45) is 11.7 Å². The normalized spacial score (nSPS) is 15.5. The van der Waals surface area contributed by atoms with Crippen LogP contribution in [0.25, 0.3) is 0 Å². The van der Waals surface area contributed by atoms with Gasteiger partial charge in [-0.1, -0.05) is 30.3 Å². The van der Waals surface area contributed by atoms with Gasteiger partial charge in [-0.05, 0) is 19.4 Å². The van der Waals surface area contributed by atoms with Crippen molar-refractivity contribution in [2.75, 3.05) is 7.11 Å². The molecular weight excluding hydrogens is 226 g/mol. The summed E-state index contributed by atoms with van der Waals surface area (Å²) in [5.41, 5.74) is 6.39. The van der Waals surface area contributed by atoms with E-state index in [0.717, 1.165) is 5.56 Å². The Hall–Kier alpha value is -1.06. The molecule has 2 N–H and O–H groups in total. The number of methoxy groups -OCH3 is 1. The van der Waals surface area contributed by atoms with Crippen LogP contribution in [0.2, 0.25) is 0 Å². The van der Waals surface area contributed by atoms with Gasteiger partial charge in [0.1, 0.15) is 0 Å². The van der Waals surface area contributed by atoms with E-state index in [9.17, 15) is 4.79 Å². The number of nitrogens with two attached hydrogens (primary N) is 1. The number of carbonyl (C=O) groups excluding carboxylic acids is 1. The van der Waals surface area contributed by atoms with Crippen LogP contribution in [-0.2, 0) is 15.1 Å². The molecular formula is C12H18ClNO2. The summed E-state index contributed by atoms with van der Waals surface area (Å²) >= 11 is 0. The van der Waals surface area contributed by atoms with Crippen molar-refractivity contribution in [3.8, 4) is 0 Å². The average Bonchev–Trinajstić information content (AvgIpc) is 2.28. The van der Waals surface area contributed by atoms with E-state index >= 15 is 0 Å². The molecule has 0 unspecified atom stereocenters. The first kappa shape index (κ1) is 14.9. The maximum Gasteiger partial charge on any atom is 0.310 e. The maximum absolute atomic E-state index is 11.4. The monoisotopic (exact) mass is 243 g/mol. The van der Waals surface area contributed by atoms with Crippen LogP contribution < -0.4 is 5.73 Å². The second kappa shape index (κ2) is 5.87. The number of ether oxygens (including phenoxy) is 1. The van der Waals surface area contributed by atoms with E-state index in [0.29, 0.717) is 0 Å². The predicted octanol–water partition coefficient (Wildman–Crippen LogP) is 2.09. The van der Waals surface area contributed by atoms with Gasteiger partial charge in [-0.3, -0.25) is 4.79 Å². The SMILES string of the molecule is COC(=O)[C@@H](C)[C@@](C)(N)c1ccccc1.Cl. The van der Waals surface area contributed by atoms with Crippen molar-refractivity contribution in [1.82, 2.24) is 0 Å². The lowest BCUT2D eigenvalue weighted by Crippen LogP contribution is -2.44. The Bertz CT molecular complexity index is 338. The number of halogens is 1. The van der Waals surface area contributed by atoms with E-state index in [1.165, 1.54) is 7.11 Å². The minimum Gasteiger partial charge on any atom is -0.469 e. The van der Waals surface area contributed by atoms with Gasteiger partial charge in [0, 0.05) is 0 Å². The van der Waals surface area contributed by atoms with Gasteiger partial charge in [-0.15, -0.1) is 12.4 Å². The molecule has 1 aromatic rings. The van der Waals surface area contributed by atoms with Crippen LogP contribution in [0.5, 0.6) is 0 Å². The second-order valence-electron chi connectivity index (χ2n) is 3.89. The summed E-state index contributed by atoms with van der Waals surface area (Å²) in [4.78, 5) is 11.4. The summed E-state index contributed by atoms with van der Waals surface area (Å²) < 4.78 is 4.70. The zero-order valence-electron chi connectivity index (χ0n) is 9.77. The minimum absolute atomic E-state index is 0. The Morgan fingerprint density at radius 2 is 1.88 bits per heavy atom. The fourth-order valence-electron chi connectivity index (χ4n) is 1.47. The molecule has 1 rings (SSSR count). The third-order valence-corrected chi connectivity index (χ3v) is 2.85. The summed E-state index contributed by atoms with van der Waals surface area (Å²) in [7, 11) is 1.37. The van der Waals surface area contributed by atoms with Crippen molar-refractivity contribution >= 4 is 18.4 Å². The van der Waals surface area contributed by atoms with Crippen LogP contribution >= 0.6 is 12.4 Å². The van der Waals surface area contributed by atoms with Crippen molar-refractivity contribution in [3.05, 3.63) is 35.9 Å². The highest BCUT2D eigenvalue weighted by Crippen LogP contribution is 2.26. The second-order valence-corrected chi connectivity index (χ2v) is 3.89. The standard InChI is InChI=1S/C12H17NO2.ClH/c1-9(11(14)15-3)12(2,13)10-7-5-4-6-8-10;/h4-9H,13H2,1-3H3;1H/t9-,12-;/m1./s1. The molecule has 0 spiro atoms. The van der Waals surface area contributed by atoms with E-state index < -0.39 is 5.54 Å². The lowest BCUT2D eigenvalue weighted by Gasteiger charge is -2.30. The van der Waals surface area contributed by atoms with Gasteiger partial charge in [-0.2, -0.15) is 0 Å². The smallest absolute Gasteiger partial charge is 0.310 e. The number of esters is 1. The van der Waals surface area contributed by atoms with E-state index in [1.807, 2.05) is 37.3 Å². The molecule has 0 saturated heterocycles. The van der Waals surface area contributed by atoms with E-state index in [4.69, 9.17) is 10.5 Å². The molecule has 0 amide bonds. The molecule has 0 aromatic heterocycles. The van der Waals surface area contributed by atoms with E-state index in [1.54, 1.807) is 6.92 Å². The molecule has 0 radical (unpaired) electrons. The molecule has 16 heavy (non-hydrogen) atoms. The summed E-state index contributed by atoms with van der Waals surface area (Å²) in [6, 6.07) is 9.57. The predicted molar refractivity (Wildman–Crippen MR) is 66.4 cm³/mol. The third kappa shape index (κ3) is 2.97. The molecule has 0 saturated carbocycles. The fourth-order valence-corrected chi connectivity index (χ4v) is 1.47. The molecule has 0 aliphatic rings. The zero-order chi connectivity index (χ0) is 11.5. The van der Waals surface area contributed by atoms with Crippen LogP contribution in [0, 0.1) is 5.92 Å². The molecule has 1 aromatic carbocycles. The van der Waals surface area contributed by atoms with Gasteiger partial charge in [0.25, 0.3) is 0 Å². The molecule has 0 aliphatic heterocycles. The lowest BCUT2D eigenvalue weighted by molar-refractivity contribution is -0.147. The molecule has 2 atom stereocenters. The molecule has 0 aliphatic carbocycles. The Labute approximate surface area is 102 Å². The number of hydrogen-bond donors (Lipinski definition) is 1. The van der Waals surface area contributed by atoms with Crippen molar-refractivity contribution in [2.45, 2.75) is 19.4 Å². The first-order chi connectivity index (χ1) is 7.00. The zero-order valence-corrected chi connectivity index (χ0v) is 10.6. The first-order valence-electron chi connectivity index (χ1n) is 4.92. The Kier molecular flexibility index (Phi) is 5.48. The van der Waals surface area contributed by atoms with E-state index in [-0.39, 0.29) is 24.3 Å². The maximum atomic E-state index is 11.4. The van der Waals surface area contributed by atoms with Crippen molar-refractivity contribution in [1.29, 1.82) is 0 Å². The molecule has 4 heteroatoms. The Balaban J connectivity index is 0.00000225. The quantitative estimate of drug-likeness (QED) is 0.828. The Morgan fingerprint density at radius 3 is 2.31 bits per heavy atom. The Morgan fingerprint density at radius 1 is 1.38 bits per heavy atom. The lowest BCUT2D eigenvalue weighted by atomic mass is 9.81. The highest BCUT2D eigenvalue weighted by Gasteiger charge is 2.34. The van der Waals surface area contributed by atoms with E-state index in [2.05, 4.69) is 0 Å². The van der Waals surface area contributed by atoms with Gasteiger partial charge in [0.05, 0.1) is 18.6 Å². The first-order valence-corrected chi connectivity index (χ1v) is 4.92. The fraction of sp³-hybridized carbons (Fsp3) is 0.417. The van der Waals surface area contributed by atoms with Gasteiger partial charge >= 0.3 is 5.97 Å². The van der Waals surface area contributed by atoms with Crippen molar-refractivity contribution < 1.29 is 9.53 Å². The van der Waals surface area contributed by atoms with Gasteiger partial charge in [0.2, 0.25) is 0 Å². The molecule has 0 fully saturated rings. The molecule has 0 bridgehead atoms. The highest BCUT2D eigenvalue weighted by atomic mass is 35.5. The number of carbonyl (C=O) groups is 1. The molecule has 90 valence electrons. The largest absolute Gasteiger partial charge is 0.469 e. The average molecular weight is 244 g/mol. The summed E-state index contributed by atoms with van der Waals surface area (Å²) in [5, 5.41) is 0. The third-order valence-electron chi connectivity index (χ3n) is 2.85. The number of rotatable bonds is 3. The number of hydrogen-bond acceptors (Lipinski definition) is 3. The topological polar surface area (TPSA) is 52.3 Å². The van der Waals surface area contributed by atoms with Crippen molar-refractivity contribution in [3.63, 3.8) is 0 Å². The van der Waals surface area contributed by atoms with Crippen LogP contribution in [0.3, 0.4) is 0 Å².